The van der Waals surface area contributed by atoms with Crippen molar-refractivity contribution in [3.05, 3.63) is 36.0 Å². The van der Waals surface area contributed by atoms with E-state index in [9.17, 15) is 9.59 Å². The van der Waals surface area contributed by atoms with Crippen LogP contribution in [-0.4, -0.2) is 34.5 Å². The summed E-state index contributed by atoms with van der Waals surface area (Å²) in [6.07, 6.45) is 2.21. The van der Waals surface area contributed by atoms with Gasteiger partial charge in [-0.1, -0.05) is 12.1 Å². The zero-order chi connectivity index (χ0) is 17.4. The molecule has 5 heteroatoms. The van der Waals surface area contributed by atoms with Gasteiger partial charge in [0.2, 0.25) is 0 Å². The van der Waals surface area contributed by atoms with Gasteiger partial charge in [-0.05, 0) is 50.8 Å². The number of carbonyl (C=O) groups excluding carboxylic acids is 2. The highest BCUT2D eigenvalue weighted by Gasteiger charge is 2.37. The molecule has 0 radical (unpaired) electrons. The molecular weight excluding hydrogens is 292 g/mol. The number of amides is 1. The molecule has 2 aromatic rings. The van der Waals surface area contributed by atoms with Crippen molar-refractivity contribution >= 4 is 23.3 Å². The number of hydrogen-bond acceptors (Lipinski definition) is 3. The molecule has 0 saturated carbocycles. The zero-order valence-electron chi connectivity index (χ0n) is 14.6. The van der Waals surface area contributed by atoms with Crippen molar-refractivity contribution in [2.75, 3.05) is 7.05 Å². The number of carbonyl (C=O) groups is 2. The number of aromatic nitrogens is 1. The molecule has 0 saturated heterocycles. The number of aldehydes is 1. The van der Waals surface area contributed by atoms with Crippen molar-refractivity contribution in [2.45, 2.75) is 38.8 Å². The Morgan fingerprint density at radius 3 is 2.43 bits per heavy atom. The molecule has 5 nitrogen and oxygen atoms in total. The van der Waals surface area contributed by atoms with Gasteiger partial charge in [0.1, 0.15) is 17.4 Å². The predicted octanol–water partition coefficient (Wildman–Crippen LogP) is 3.46. The Labute approximate surface area is 136 Å². The molecule has 0 N–H and O–H groups in total. The Balaban J connectivity index is 2.43. The van der Waals surface area contributed by atoms with E-state index in [1.807, 2.05) is 42.1 Å². The number of rotatable bonds is 3. The van der Waals surface area contributed by atoms with E-state index in [1.165, 1.54) is 4.90 Å². The first-order valence-electron chi connectivity index (χ1n) is 7.57. The van der Waals surface area contributed by atoms with Crippen molar-refractivity contribution in [3.8, 4) is 0 Å². The quantitative estimate of drug-likeness (QED) is 0.815. The SMILES string of the molecule is CN(C(=O)OC(C)(C)C)C(C)(C=O)c1ccc2ccn(C)c2c1. The Hall–Kier alpha value is -2.30. The summed E-state index contributed by atoms with van der Waals surface area (Å²) >= 11 is 0. The molecule has 0 fully saturated rings. The van der Waals surface area contributed by atoms with Crippen molar-refractivity contribution in [1.29, 1.82) is 0 Å². The Morgan fingerprint density at radius 2 is 1.87 bits per heavy atom. The first-order valence-corrected chi connectivity index (χ1v) is 7.57. The molecule has 1 atom stereocenters. The Kier molecular flexibility index (Phi) is 4.24. The third-order valence-electron chi connectivity index (χ3n) is 4.07. The lowest BCUT2D eigenvalue weighted by Crippen LogP contribution is -2.48. The van der Waals surface area contributed by atoms with Crippen molar-refractivity contribution in [2.24, 2.45) is 7.05 Å². The lowest BCUT2D eigenvalue weighted by atomic mass is 9.91. The minimum Gasteiger partial charge on any atom is -0.444 e. The summed E-state index contributed by atoms with van der Waals surface area (Å²) in [5, 5.41) is 1.09. The van der Waals surface area contributed by atoms with E-state index in [0.717, 1.165) is 22.8 Å². The van der Waals surface area contributed by atoms with Gasteiger partial charge >= 0.3 is 6.09 Å². The summed E-state index contributed by atoms with van der Waals surface area (Å²) in [6, 6.07) is 7.77. The number of benzene rings is 1. The summed E-state index contributed by atoms with van der Waals surface area (Å²) in [7, 11) is 3.53. The number of likely N-dealkylation sites (N-methyl/N-ethyl adjacent to an activating group) is 1. The van der Waals surface area contributed by atoms with Crippen LogP contribution in [0.5, 0.6) is 0 Å². The van der Waals surface area contributed by atoms with Crippen LogP contribution in [0, 0.1) is 0 Å². The fraction of sp³-hybridized carbons (Fsp3) is 0.444. The molecule has 23 heavy (non-hydrogen) atoms. The molecule has 0 bridgehead atoms. The molecule has 0 aliphatic heterocycles. The van der Waals surface area contributed by atoms with Gasteiger partial charge in [0.15, 0.2) is 0 Å². The lowest BCUT2D eigenvalue weighted by Gasteiger charge is -2.35. The van der Waals surface area contributed by atoms with E-state index in [4.69, 9.17) is 4.74 Å². The highest BCUT2D eigenvalue weighted by Crippen LogP contribution is 2.29. The van der Waals surface area contributed by atoms with Gasteiger partial charge in [-0.3, -0.25) is 4.90 Å². The molecule has 1 unspecified atom stereocenters. The number of ether oxygens (including phenoxy) is 1. The zero-order valence-corrected chi connectivity index (χ0v) is 14.6. The molecule has 1 amide bonds. The summed E-state index contributed by atoms with van der Waals surface area (Å²) < 4.78 is 7.37. The van der Waals surface area contributed by atoms with Crippen molar-refractivity contribution < 1.29 is 14.3 Å². The summed E-state index contributed by atoms with van der Waals surface area (Å²) in [5.41, 5.74) is 0.0428. The second-order valence-electron chi connectivity index (χ2n) is 7.00. The van der Waals surface area contributed by atoms with Crippen molar-refractivity contribution in [1.82, 2.24) is 9.47 Å². The van der Waals surface area contributed by atoms with Gasteiger partial charge in [0.25, 0.3) is 0 Å². The van der Waals surface area contributed by atoms with Gasteiger partial charge in [-0.2, -0.15) is 0 Å². The molecular formula is C18H24N2O3. The average Bonchev–Trinajstić information content (AvgIpc) is 2.85. The van der Waals surface area contributed by atoms with Crippen LogP contribution in [0.25, 0.3) is 10.9 Å². The van der Waals surface area contributed by atoms with Crippen LogP contribution in [0.1, 0.15) is 33.3 Å². The van der Waals surface area contributed by atoms with E-state index >= 15 is 0 Å². The van der Waals surface area contributed by atoms with Crippen LogP contribution in [-0.2, 0) is 22.1 Å². The first-order chi connectivity index (χ1) is 10.6. The highest BCUT2D eigenvalue weighted by molar-refractivity contribution is 5.84. The van der Waals surface area contributed by atoms with E-state index in [1.54, 1.807) is 34.7 Å². The maximum atomic E-state index is 12.4. The largest absolute Gasteiger partial charge is 0.444 e. The summed E-state index contributed by atoms with van der Waals surface area (Å²) in [4.78, 5) is 25.5. The van der Waals surface area contributed by atoms with Crippen molar-refractivity contribution in [3.63, 3.8) is 0 Å². The maximum Gasteiger partial charge on any atom is 0.411 e. The molecule has 124 valence electrons. The Bertz CT molecular complexity index is 742. The smallest absolute Gasteiger partial charge is 0.411 e. The third-order valence-corrected chi connectivity index (χ3v) is 4.07. The van der Waals surface area contributed by atoms with E-state index in [-0.39, 0.29) is 0 Å². The number of hydrogen-bond donors (Lipinski definition) is 0. The molecule has 1 aromatic heterocycles. The van der Waals surface area contributed by atoms with E-state index < -0.39 is 17.2 Å². The highest BCUT2D eigenvalue weighted by atomic mass is 16.6. The molecule has 0 spiro atoms. The van der Waals surface area contributed by atoms with E-state index in [2.05, 4.69) is 0 Å². The van der Waals surface area contributed by atoms with Crippen LogP contribution in [0.2, 0.25) is 0 Å². The first kappa shape index (κ1) is 17.1. The normalized spacial score (nSPS) is 14.3. The molecule has 1 aromatic carbocycles. The van der Waals surface area contributed by atoms with Gasteiger partial charge in [-0.25, -0.2) is 4.79 Å². The third kappa shape index (κ3) is 3.23. The van der Waals surface area contributed by atoms with Crippen LogP contribution >= 0.6 is 0 Å². The van der Waals surface area contributed by atoms with Gasteiger partial charge in [0, 0.05) is 25.8 Å². The van der Waals surface area contributed by atoms with Gasteiger partial charge in [-0.15, -0.1) is 0 Å². The molecule has 0 aliphatic rings. The van der Waals surface area contributed by atoms with Gasteiger partial charge in [0.05, 0.1) is 0 Å². The van der Waals surface area contributed by atoms with Gasteiger partial charge < -0.3 is 14.1 Å². The number of nitrogens with zero attached hydrogens (tertiary/aromatic N) is 2. The number of fused-ring (bicyclic) bond motifs is 1. The van der Waals surface area contributed by atoms with Crippen LogP contribution in [0.4, 0.5) is 4.79 Å². The number of aryl methyl sites for hydroxylation is 1. The maximum absolute atomic E-state index is 12.4. The predicted molar refractivity (Wildman–Crippen MR) is 90.3 cm³/mol. The summed E-state index contributed by atoms with van der Waals surface area (Å²) in [5.74, 6) is 0. The molecule has 2 rings (SSSR count). The van der Waals surface area contributed by atoms with E-state index in [0.29, 0.717) is 0 Å². The average molecular weight is 316 g/mol. The fourth-order valence-electron chi connectivity index (χ4n) is 2.44. The van der Waals surface area contributed by atoms with Crippen LogP contribution in [0.3, 0.4) is 0 Å². The monoisotopic (exact) mass is 316 g/mol. The minimum atomic E-state index is -1.10. The van der Waals surface area contributed by atoms with Crippen LogP contribution < -0.4 is 0 Å². The second kappa shape index (κ2) is 5.72. The Morgan fingerprint density at radius 1 is 1.22 bits per heavy atom. The lowest BCUT2D eigenvalue weighted by molar-refractivity contribution is -0.117. The topological polar surface area (TPSA) is 51.5 Å². The fourth-order valence-corrected chi connectivity index (χ4v) is 2.44. The molecule has 0 aliphatic carbocycles. The second-order valence-corrected chi connectivity index (χ2v) is 7.00. The summed E-state index contributed by atoms with van der Waals surface area (Å²) in [6.45, 7) is 7.11. The van der Waals surface area contributed by atoms with Crippen LogP contribution in [0.15, 0.2) is 30.5 Å². The molecule has 1 heterocycles. The standard InChI is InChI=1S/C18H24N2O3/c1-17(2,3)23-16(22)20(6)18(4,12-21)14-8-7-13-9-10-19(5)15(13)11-14/h7-12H,1-6H3. The minimum absolute atomic E-state index is 0.529.